The Morgan fingerprint density at radius 3 is 3.17 bits per heavy atom. The van der Waals surface area contributed by atoms with Gasteiger partial charge in [-0.1, -0.05) is 0 Å². The van der Waals surface area contributed by atoms with Crippen LogP contribution in [0.15, 0.2) is 0 Å². The zero-order chi connectivity index (χ0) is 8.39. The second kappa shape index (κ2) is 3.73. The molecule has 2 fully saturated rings. The zero-order valence-electron chi connectivity index (χ0n) is 7.33. The van der Waals surface area contributed by atoms with E-state index in [1.807, 2.05) is 0 Å². The summed E-state index contributed by atoms with van der Waals surface area (Å²) in [6.45, 7) is 1.40. The summed E-state index contributed by atoms with van der Waals surface area (Å²) in [7, 11) is 0. The van der Waals surface area contributed by atoms with Crippen LogP contribution in [0.2, 0.25) is 0 Å². The van der Waals surface area contributed by atoms with Crippen LogP contribution in [0.1, 0.15) is 25.7 Å². The van der Waals surface area contributed by atoms with E-state index in [9.17, 15) is 0 Å². The normalized spacial score (nSPS) is 40.2. The summed E-state index contributed by atoms with van der Waals surface area (Å²) in [5.74, 6) is 0.753. The van der Waals surface area contributed by atoms with Gasteiger partial charge >= 0.3 is 0 Å². The van der Waals surface area contributed by atoms with E-state index < -0.39 is 0 Å². The maximum atomic E-state index is 8.70. The topological polar surface area (TPSA) is 41.5 Å². The number of hydrogen-bond donors (Lipinski definition) is 2. The van der Waals surface area contributed by atoms with Crippen molar-refractivity contribution in [1.82, 2.24) is 5.32 Å². The third-order valence-corrected chi connectivity index (χ3v) is 2.92. The molecule has 2 aliphatic heterocycles. The Kier molecular flexibility index (Phi) is 2.63. The van der Waals surface area contributed by atoms with Crippen molar-refractivity contribution < 1.29 is 9.84 Å². The van der Waals surface area contributed by atoms with E-state index in [-0.39, 0.29) is 0 Å². The van der Waals surface area contributed by atoms with Crippen LogP contribution in [-0.4, -0.2) is 30.6 Å². The van der Waals surface area contributed by atoms with Crippen molar-refractivity contribution in [2.75, 3.05) is 13.2 Å². The maximum absolute atomic E-state index is 8.70. The fraction of sp³-hybridized carbons (Fsp3) is 1.00. The Bertz CT molecular complexity index is 151. The predicted octanol–water partition coefficient (Wildman–Crippen LogP) is 0.483. The molecule has 0 saturated carbocycles. The third kappa shape index (κ3) is 1.63. The van der Waals surface area contributed by atoms with Crippen molar-refractivity contribution >= 4 is 0 Å². The summed E-state index contributed by atoms with van der Waals surface area (Å²) < 4.78 is 5.77. The number of rotatable bonds is 3. The number of ether oxygens (including phenoxy) is 1. The minimum atomic E-state index is 0.296. The average Bonchev–Trinajstić information content (AvgIpc) is 2.38. The first kappa shape index (κ1) is 8.48. The van der Waals surface area contributed by atoms with Gasteiger partial charge in [0.1, 0.15) is 6.23 Å². The van der Waals surface area contributed by atoms with Crippen molar-refractivity contribution in [1.29, 1.82) is 0 Å². The molecule has 3 nitrogen and oxygen atoms in total. The molecule has 0 aromatic rings. The van der Waals surface area contributed by atoms with Crippen molar-refractivity contribution in [3.63, 3.8) is 0 Å². The van der Waals surface area contributed by atoms with Gasteiger partial charge in [-0.05, 0) is 38.1 Å². The molecule has 2 saturated heterocycles. The molecule has 2 rings (SSSR count). The van der Waals surface area contributed by atoms with Crippen LogP contribution in [0, 0.1) is 5.92 Å². The van der Waals surface area contributed by atoms with Gasteiger partial charge in [-0.15, -0.1) is 0 Å². The van der Waals surface area contributed by atoms with Crippen LogP contribution < -0.4 is 5.32 Å². The molecule has 2 N–H and O–H groups in total. The van der Waals surface area contributed by atoms with E-state index in [1.165, 1.54) is 12.8 Å². The first-order valence-corrected chi connectivity index (χ1v) is 4.90. The Hall–Kier alpha value is -0.120. The highest BCUT2D eigenvalue weighted by Crippen LogP contribution is 2.33. The second-order valence-corrected chi connectivity index (χ2v) is 3.77. The lowest BCUT2D eigenvalue weighted by molar-refractivity contribution is 0.0213. The van der Waals surface area contributed by atoms with Gasteiger partial charge in [0.05, 0.1) is 6.10 Å². The zero-order valence-corrected chi connectivity index (χ0v) is 7.33. The molecule has 0 aromatic carbocycles. The van der Waals surface area contributed by atoms with Crippen LogP contribution in [0.25, 0.3) is 0 Å². The highest BCUT2D eigenvalue weighted by Gasteiger charge is 2.36. The van der Waals surface area contributed by atoms with Gasteiger partial charge in [-0.25, -0.2) is 0 Å². The van der Waals surface area contributed by atoms with Gasteiger partial charge in [0, 0.05) is 6.61 Å². The lowest BCUT2D eigenvalue weighted by Crippen LogP contribution is -2.32. The summed E-state index contributed by atoms with van der Waals surface area (Å²) in [6.07, 6.45) is 5.06. The van der Waals surface area contributed by atoms with Crippen molar-refractivity contribution in [2.45, 2.75) is 38.0 Å². The third-order valence-electron chi connectivity index (χ3n) is 2.92. The molecule has 70 valence electrons. The van der Waals surface area contributed by atoms with E-state index in [4.69, 9.17) is 9.84 Å². The molecular formula is C9H17NO2. The Morgan fingerprint density at radius 1 is 1.50 bits per heavy atom. The number of piperidine rings is 1. The molecule has 0 radical (unpaired) electrons. The highest BCUT2D eigenvalue weighted by molar-refractivity contribution is 4.85. The molecule has 3 heteroatoms. The minimum Gasteiger partial charge on any atom is -0.396 e. The largest absolute Gasteiger partial charge is 0.396 e. The van der Waals surface area contributed by atoms with Gasteiger partial charge in [0.25, 0.3) is 0 Å². The van der Waals surface area contributed by atoms with Crippen molar-refractivity contribution in [2.24, 2.45) is 5.92 Å². The first-order chi connectivity index (χ1) is 5.90. The number of hydrogen-bond acceptors (Lipinski definition) is 3. The van der Waals surface area contributed by atoms with Crippen molar-refractivity contribution in [3.05, 3.63) is 0 Å². The molecule has 12 heavy (non-hydrogen) atoms. The highest BCUT2D eigenvalue weighted by atomic mass is 16.5. The van der Waals surface area contributed by atoms with Gasteiger partial charge in [0.2, 0.25) is 0 Å². The average molecular weight is 171 g/mol. The molecule has 3 atom stereocenters. The monoisotopic (exact) mass is 171 g/mol. The second-order valence-electron chi connectivity index (χ2n) is 3.77. The Balaban J connectivity index is 1.83. The summed E-state index contributed by atoms with van der Waals surface area (Å²) in [5, 5.41) is 12.0. The smallest absolute Gasteiger partial charge is 0.108 e. The fourth-order valence-electron chi connectivity index (χ4n) is 2.27. The molecule has 2 aliphatic rings. The number of nitrogens with one attached hydrogen (secondary N) is 1. The number of aliphatic hydroxyl groups excluding tert-OH is 1. The lowest BCUT2D eigenvalue weighted by atomic mass is 9.92. The van der Waals surface area contributed by atoms with E-state index in [2.05, 4.69) is 5.32 Å². The van der Waals surface area contributed by atoms with E-state index in [0.717, 1.165) is 25.3 Å². The Labute approximate surface area is 73.1 Å². The molecule has 0 spiro atoms. The van der Waals surface area contributed by atoms with Gasteiger partial charge in [0.15, 0.2) is 0 Å². The summed E-state index contributed by atoms with van der Waals surface area (Å²) in [6, 6.07) is 0. The molecule has 2 bridgehead atoms. The minimum absolute atomic E-state index is 0.296. The van der Waals surface area contributed by atoms with Crippen LogP contribution in [-0.2, 0) is 4.74 Å². The molecule has 0 amide bonds. The summed E-state index contributed by atoms with van der Waals surface area (Å²) in [4.78, 5) is 0. The Morgan fingerprint density at radius 2 is 2.42 bits per heavy atom. The lowest BCUT2D eigenvalue weighted by Gasteiger charge is -2.18. The van der Waals surface area contributed by atoms with Crippen LogP contribution >= 0.6 is 0 Å². The predicted molar refractivity (Wildman–Crippen MR) is 45.7 cm³/mol. The summed E-state index contributed by atoms with van der Waals surface area (Å²) in [5.41, 5.74) is 0. The first-order valence-electron chi connectivity index (χ1n) is 4.90. The maximum Gasteiger partial charge on any atom is 0.108 e. The molecule has 2 heterocycles. The molecule has 0 aromatic heterocycles. The fourth-order valence-corrected chi connectivity index (χ4v) is 2.27. The van der Waals surface area contributed by atoms with E-state index in [0.29, 0.717) is 18.9 Å². The molecule has 3 unspecified atom stereocenters. The van der Waals surface area contributed by atoms with Gasteiger partial charge in [-0.2, -0.15) is 0 Å². The van der Waals surface area contributed by atoms with E-state index >= 15 is 0 Å². The summed E-state index contributed by atoms with van der Waals surface area (Å²) >= 11 is 0. The standard InChI is InChI=1S/C9H17NO2/c11-5-1-2-8-7-3-4-10-9(6-7)12-8/h7-11H,1-6H2. The number of fused-ring (bicyclic) bond motifs is 2. The van der Waals surface area contributed by atoms with Gasteiger partial charge < -0.3 is 9.84 Å². The molecular weight excluding hydrogens is 154 g/mol. The van der Waals surface area contributed by atoms with Crippen LogP contribution in [0.5, 0.6) is 0 Å². The molecule has 0 aliphatic carbocycles. The van der Waals surface area contributed by atoms with E-state index in [1.54, 1.807) is 0 Å². The number of aliphatic hydroxyl groups is 1. The quantitative estimate of drug-likeness (QED) is 0.649. The van der Waals surface area contributed by atoms with Crippen LogP contribution in [0.4, 0.5) is 0 Å². The SMILES string of the molecule is OCCCC1OC2CC1CCN2. The van der Waals surface area contributed by atoms with Gasteiger partial charge in [-0.3, -0.25) is 5.32 Å². The van der Waals surface area contributed by atoms with Crippen LogP contribution in [0.3, 0.4) is 0 Å². The van der Waals surface area contributed by atoms with Crippen molar-refractivity contribution in [3.8, 4) is 0 Å².